The highest BCUT2D eigenvalue weighted by atomic mass is 32.2. The Hall–Kier alpha value is -2.37. The van der Waals surface area contributed by atoms with Crippen molar-refractivity contribution in [3.63, 3.8) is 0 Å². The van der Waals surface area contributed by atoms with Crippen molar-refractivity contribution < 1.29 is 40.6 Å². The number of nitrogens with zero attached hydrogens (tertiary/aromatic N) is 5. The summed E-state index contributed by atoms with van der Waals surface area (Å²) in [5, 5.41) is 20.0. The van der Waals surface area contributed by atoms with E-state index < -0.39 is 39.4 Å². The topological polar surface area (TPSA) is 113 Å². The number of hydrogen-bond acceptors (Lipinski definition) is 8. The highest BCUT2D eigenvalue weighted by Gasteiger charge is 2.71. The second kappa shape index (κ2) is 8.53. The molecular weight excluding hydrogens is 492 g/mol. The third-order valence-electron chi connectivity index (χ3n) is 4.55. The van der Waals surface area contributed by atoms with Crippen molar-refractivity contribution in [1.29, 1.82) is 0 Å². The van der Waals surface area contributed by atoms with Gasteiger partial charge in [-0.2, -0.15) is 26.3 Å². The second-order valence-electron chi connectivity index (χ2n) is 6.49. The summed E-state index contributed by atoms with van der Waals surface area (Å²) in [6, 6.07) is 2.60. The molecule has 0 bridgehead atoms. The molecule has 0 spiro atoms. The van der Waals surface area contributed by atoms with Crippen molar-refractivity contribution in [1.82, 2.24) is 14.3 Å². The Labute approximate surface area is 182 Å². The Balaban J connectivity index is 1.70. The van der Waals surface area contributed by atoms with Gasteiger partial charge >= 0.3 is 17.4 Å². The summed E-state index contributed by atoms with van der Waals surface area (Å²) in [7, 11) is -1.68. The van der Waals surface area contributed by atoms with Crippen LogP contribution in [0.3, 0.4) is 0 Å². The predicted molar refractivity (Wildman–Crippen MR) is 99.2 cm³/mol. The van der Waals surface area contributed by atoms with Crippen LogP contribution in [0.2, 0.25) is 0 Å². The van der Waals surface area contributed by atoms with Gasteiger partial charge in [0.25, 0.3) is 5.60 Å². The van der Waals surface area contributed by atoms with Crippen LogP contribution in [-0.4, -0.2) is 67.0 Å². The first-order valence-electron chi connectivity index (χ1n) is 8.60. The van der Waals surface area contributed by atoms with Crippen LogP contribution >= 0.6 is 11.3 Å². The second-order valence-corrected chi connectivity index (χ2v) is 9.27. The van der Waals surface area contributed by atoms with Gasteiger partial charge in [0.05, 0.1) is 4.92 Å². The number of nitro groups is 1. The molecule has 1 saturated heterocycles. The van der Waals surface area contributed by atoms with Gasteiger partial charge in [-0.1, -0.05) is 11.3 Å². The summed E-state index contributed by atoms with van der Waals surface area (Å²) in [6.45, 7) is 0.611. The third kappa shape index (κ3) is 4.41. The SMILES string of the molecule is O=[N+]([O-])c1ccc(S(=O)N2CCN(c3ncc(C(O)(C(F)(F)F)C(F)(F)F)cn3)CC2)s1. The Morgan fingerprint density at radius 3 is 2.00 bits per heavy atom. The summed E-state index contributed by atoms with van der Waals surface area (Å²) in [6.07, 6.45) is -11.6. The number of anilines is 1. The number of rotatable bonds is 5. The van der Waals surface area contributed by atoms with Crippen LogP contribution in [0.5, 0.6) is 0 Å². The van der Waals surface area contributed by atoms with Crippen LogP contribution in [0.1, 0.15) is 5.56 Å². The molecule has 9 nitrogen and oxygen atoms in total. The van der Waals surface area contributed by atoms with Crippen molar-refractivity contribution in [3.8, 4) is 0 Å². The third-order valence-corrected chi connectivity index (χ3v) is 7.38. The van der Waals surface area contributed by atoms with Crippen molar-refractivity contribution in [2.45, 2.75) is 22.2 Å². The molecule has 176 valence electrons. The Morgan fingerprint density at radius 2 is 1.56 bits per heavy atom. The molecular formula is C15H13F6N5O4S2. The van der Waals surface area contributed by atoms with Gasteiger partial charge in [0.1, 0.15) is 15.2 Å². The maximum Gasteiger partial charge on any atom is 0.430 e. The van der Waals surface area contributed by atoms with Crippen molar-refractivity contribution in [3.05, 3.63) is 40.2 Å². The Bertz CT molecular complexity index is 991. The first kappa shape index (κ1) is 24.3. The van der Waals surface area contributed by atoms with Crippen LogP contribution in [0.25, 0.3) is 0 Å². The van der Waals surface area contributed by atoms with E-state index in [-0.39, 0.29) is 53.7 Å². The largest absolute Gasteiger partial charge is 0.430 e. The van der Waals surface area contributed by atoms with E-state index in [9.17, 15) is 45.8 Å². The zero-order valence-electron chi connectivity index (χ0n) is 15.6. The maximum atomic E-state index is 12.9. The van der Waals surface area contributed by atoms with E-state index in [1.165, 1.54) is 21.3 Å². The molecule has 0 amide bonds. The number of piperazine rings is 1. The van der Waals surface area contributed by atoms with Gasteiger partial charge in [-0.25, -0.2) is 18.5 Å². The fourth-order valence-corrected chi connectivity index (χ4v) is 5.19. The van der Waals surface area contributed by atoms with E-state index in [4.69, 9.17) is 0 Å². The first-order chi connectivity index (χ1) is 14.8. The highest BCUT2D eigenvalue weighted by molar-refractivity contribution is 7.85. The predicted octanol–water partition coefficient (Wildman–Crippen LogP) is 2.60. The molecule has 3 heterocycles. The van der Waals surface area contributed by atoms with Crippen LogP contribution in [-0.2, 0) is 16.6 Å². The molecule has 2 aromatic heterocycles. The number of thiophene rings is 1. The Morgan fingerprint density at radius 1 is 1.03 bits per heavy atom. The lowest BCUT2D eigenvalue weighted by Gasteiger charge is -2.34. The first-order valence-corrected chi connectivity index (χ1v) is 10.5. The Kier molecular flexibility index (Phi) is 6.47. The molecule has 1 N–H and O–H groups in total. The smallest absolute Gasteiger partial charge is 0.369 e. The lowest BCUT2D eigenvalue weighted by molar-refractivity contribution is -0.380. The fraction of sp³-hybridized carbons (Fsp3) is 0.467. The monoisotopic (exact) mass is 505 g/mol. The minimum atomic E-state index is -6.04. The molecule has 0 radical (unpaired) electrons. The van der Waals surface area contributed by atoms with Crippen molar-refractivity contribution >= 4 is 33.3 Å². The number of alkyl halides is 6. The van der Waals surface area contributed by atoms with Gasteiger partial charge in [-0.3, -0.25) is 10.1 Å². The summed E-state index contributed by atoms with van der Waals surface area (Å²) in [5.41, 5.74) is -6.68. The fourth-order valence-electron chi connectivity index (χ4n) is 2.84. The summed E-state index contributed by atoms with van der Waals surface area (Å²) >= 11 is 0.761. The van der Waals surface area contributed by atoms with Gasteiger partial charge in [-0.15, -0.1) is 0 Å². The standard InChI is InChI=1S/C15H13F6N5O4S2/c16-14(17,18)13(27,15(19,20)21)9-7-22-12(23-8-9)24-3-5-25(6-4-24)32(30)11-2-1-10(31-11)26(28)29/h1-2,7-8,27H,3-6H2. The quantitative estimate of drug-likeness (QED) is 0.378. The molecule has 1 atom stereocenters. The molecule has 2 aromatic rings. The number of aromatic nitrogens is 2. The van der Waals surface area contributed by atoms with E-state index in [0.29, 0.717) is 0 Å². The molecule has 0 saturated carbocycles. The molecule has 1 aliphatic rings. The van der Waals surface area contributed by atoms with E-state index in [1.807, 2.05) is 0 Å². The lowest BCUT2D eigenvalue weighted by atomic mass is 9.95. The average Bonchev–Trinajstić information content (AvgIpc) is 3.22. The molecule has 0 aromatic carbocycles. The minimum Gasteiger partial charge on any atom is -0.369 e. The molecule has 1 aliphatic heterocycles. The molecule has 3 rings (SSSR count). The number of aliphatic hydroxyl groups is 1. The van der Waals surface area contributed by atoms with Crippen LogP contribution in [0, 0.1) is 10.1 Å². The highest BCUT2D eigenvalue weighted by Crippen LogP contribution is 2.49. The molecule has 0 aliphatic carbocycles. The zero-order chi connectivity index (χ0) is 23.9. The average molecular weight is 505 g/mol. The van der Waals surface area contributed by atoms with Gasteiger partial charge < -0.3 is 10.0 Å². The molecule has 1 unspecified atom stereocenters. The maximum absolute atomic E-state index is 12.9. The summed E-state index contributed by atoms with van der Waals surface area (Å²) in [4.78, 5) is 18.7. The van der Waals surface area contributed by atoms with Gasteiger partial charge in [0.2, 0.25) is 5.95 Å². The van der Waals surface area contributed by atoms with Gasteiger partial charge in [0.15, 0.2) is 0 Å². The molecule has 32 heavy (non-hydrogen) atoms. The lowest BCUT2D eigenvalue weighted by Crippen LogP contribution is -2.54. The van der Waals surface area contributed by atoms with Crippen LogP contribution < -0.4 is 4.90 Å². The van der Waals surface area contributed by atoms with E-state index in [1.54, 1.807) is 0 Å². The van der Waals surface area contributed by atoms with Gasteiger partial charge in [0, 0.05) is 50.2 Å². The molecule has 17 heteroatoms. The summed E-state index contributed by atoms with van der Waals surface area (Å²) in [5.74, 6) is -0.169. The van der Waals surface area contributed by atoms with Crippen LogP contribution in [0.4, 0.5) is 37.3 Å². The van der Waals surface area contributed by atoms with E-state index >= 15 is 0 Å². The van der Waals surface area contributed by atoms with E-state index in [0.717, 1.165) is 11.3 Å². The van der Waals surface area contributed by atoms with Crippen LogP contribution in [0.15, 0.2) is 28.7 Å². The zero-order valence-corrected chi connectivity index (χ0v) is 17.3. The van der Waals surface area contributed by atoms with Gasteiger partial charge in [-0.05, 0) is 6.07 Å². The van der Waals surface area contributed by atoms with Crippen molar-refractivity contribution in [2.24, 2.45) is 0 Å². The minimum absolute atomic E-state index is 0.140. The number of halogens is 6. The summed E-state index contributed by atoms with van der Waals surface area (Å²) < 4.78 is 92.0. The number of hydrogen-bond donors (Lipinski definition) is 1. The molecule has 1 fully saturated rings. The van der Waals surface area contributed by atoms with Crippen molar-refractivity contribution in [2.75, 3.05) is 31.1 Å². The normalized spacial score (nSPS) is 17.4. The van der Waals surface area contributed by atoms with E-state index in [2.05, 4.69) is 9.97 Å².